The number of aromatic nitrogens is 3. The molecule has 0 aliphatic rings. The summed E-state index contributed by atoms with van der Waals surface area (Å²) in [6, 6.07) is 3.63. The molecule has 0 aliphatic carbocycles. The minimum atomic E-state index is -0.410. The van der Waals surface area contributed by atoms with Gasteiger partial charge in [0.2, 0.25) is 5.91 Å². The normalized spacial score (nSPS) is 12.2. The monoisotopic (exact) mass is 370 g/mol. The van der Waals surface area contributed by atoms with Crippen molar-refractivity contribution in [3.8, 4) is 5.69 Å². The third-order valence-electron chi connectivity index (χ3n) is 3.58. The summed E-state index contributed by atoms with van der Waals surface area (Å²) in [6.07, 6.45) is 5.96. The van der Waals surface area contributed by atoms with Gasteiger partial charge in [-0.2, -0.15) is 17.7 Å². The van der Waals surface area contributed by atoms with Gasteiger partial charge in [-0.05, 0) is 25.0 Å². The van der Waals surface area contributed by atoms with Crippen LogP contribution in [0.25, 0.3) is 5.69 Å². The van der Waals surface area contributed by atoms with Crippen molar-refractivity contribution >= 4 is 35.8 Å². The number of halogens is 2. The standard InChI is InChI=1S/C16H20ClFN4OS/c1-12(11-24)16(23)21(8-3-2-6-18)14-10-22(20-15(14)17)13-5-4-7-19-9-13/h4-5,7,9-10,12,24H,2-3,6,8,11H2,1H3. The predicted molar refractivity (Wildman–Crippen MR) is 96.9 cm³/mol. The topological polar surface area (TPSA) is 51.0 Å². The molecule has 8 heteroatoms. The smallest absolute Gasteiger partial charge is 0.230 e. The Morgan fingerprint density at radius 3 is 2.92 bits per heavy atom. The Labute approximate surface area is 151 Å². The molecule has 130 valence electrons. The van der Waals surface area contributed by atoms with Crippen LogP contribution in [0.2, 0.25) is 5.15 Å². The van der Waals surface area contributed by atoms with Crippen molar-refractivity contribution in [2.24, 2.45) is 5.92 Å². The first-order valence-corrected chi connectivity index (χ1v) is 8.73. The quantitative estimate of drug-likeness (QED) is 0.571. The zero-order valence-electron chi connectivity index (χ0n) is 13.4. The lowest BCUT2D eigenvalue weighted by molar-refractivity contribution is -0.121. The third-order valence-corrected chi connectivity index (χ3v) is 4.40. The van der Waals surface area contributed by atoms with Crippen molar-refractivity contribution in [2.75, 3.05) is 23.9 Å². The summed E-state index contributed by atoms with van der Waals surface area (Å²) in [5.74, 6) is 0.0558. The molecule has 0 N–H and O–H groups in total. The lowest BCUT2D eigenvalue weighted by Crippen LogP contribution is -2.36. The first kappa shape index (κ1) is 18.7. The highest BCUT2D eigenvalue weighted by Gasteiger charge is 2.24. The van der Waals surface area contributed by atoms with Crippen molar-refractivity contribution in [3.05, 3.63) is 35.9 Å². The molecular weight excluding hydrogens is 351 g/mol. The van der Waals surface area contributed by atoms with Gasteiger partial charge >= 0.3 is 0 Å². The van der Waals surface area contributed by atoms with Crippen LogP contribution >= 0.6 is 24.2 Å². The van der Waals surface area contributed by atoms with E-state index in [0.29, 0.717) is 30.8 Å². The molecule has 0 aliphatic heterocycles. The fourth-order valence-electron chi connectivity index (χ4n) is 2.20. The van der Waals surface area contributed by atoms with Crippen molar-refractivity contribution < 1.29 is 9.18 Å². The number of carbonyl (C=O) groups is 1. The average Bonchev–Trinajstić information content (AvgIpc) is 3.00. The second-order valence-corrected chi connectivity index (χ2v) is 6.15. The van der Waals surface area contributed by atoms with Crippen LogP contribution in [0, 0.1) is 5.92 Å². The van der Waals surface area contributed by atoms with Crippen LogP contribution < -0.4 is 4.90 Å². The number of unbranched alkanes of at least 4 members (excludes halogenated alkanes) is 1. The van der Waals surface area contributed by atoms with E-state index in [2.05, 4.69) is 22.7 Å². The molecule has 1 atom stereocenters. The lowest BCUT2D eigenvalue weighted by atomic mass is 10.1. The van der Waals surface area contributed by atoms with E-state index in [4.69, 9.17) is 11.6 Å². The molecule has 1 amide bonds. The Bertz CT molecular complexity index is 667. The summed E-state index contributed by atoms with van der Waals surface area (Å²) >= 11 is 10.4. The maximum atomic E-state index is 12.6. The molecule has 5 nitrogen and oxygen atoms in total. The molecule has 0 aromatic carbocycles. The van der Waals surface area contributed by atoms with Crippen molar-refractivity contribution in [1.29, 1.82) is 0 Å². The van der Waals surface area contributed by atoms with Gasteiger partial charge in [-0.3, -0.25) is 14.2 Å². The van der Waals surface area contributed by atoms with Gasteiger partial charge < -0.3 is 4.90 Å². The Balaban J connectivity index is 2.31. The van der Waals surface area contributed by atoms with E-state index in [-0.39, 0.29) is 17.0 Å². The van der Waals surface area contributed by atoms with Gasteiger partial charge in [0, 0.05) is 24.4 Å². The number of alkyl halides is 1. The summed E-state index contributed by atoms with van der Waals surface area (Å²) < 4.78 is 14.0. The van der Waals surface area contributed by atoms with Gasteiger partial charge in [-0.1, -0.05) is 18.5 Å². The van der Waals surface area contributed by atoms with Crippen LogP contribution in [0.5, 0.6) is 0 Å². The summed E-state index contributed by atoms with van der Waals surface area (Å²) in [5.41, 5.74) is 1.25. The van der Waals surface area contributed by atoms with Crippen molar-refractivity contribution in [1.82, 2.24) is 14.8 Å². The zero-order chi connectivity index (χ0) is 17.5. The molecule has 24 heavy (non-hydrogen) atoms. The maximum absolute atomic E-state index is 12.6. The first-order valence-electron chi connectivity index (χ1n) is 7.72. The van der Waals surface area contributed by atoms with Gasteiger partial charge in [-0.25, -0.2) is 4.68 Å². The molecule has 2 aromatic heterocycles. The number of nitrogens with zero attached hydrogens (tertiary/aromatic N) is 4. The lowest BCUT2D eigenvalue weighted by Gasteiger charge is -2.24. The fourth-order valence-corrected chi connectivity index (χ4v) is 2.59. The van der Waals surface area contributed by atoms with Gasteiger partial charge in [0.05, 0.1) is 24.8 Å². The largest absolute Gasteiger partial charge is 0.308 e. The zero-order valence-corrected chi connectivity index (χ0v) is 15.1. The summed E-state index contributed by atoms with van der Waals surface area (Å²) in [4.78, 5) is 18.3. The highest BCUT2D eigenvalue weighted by Crippen LogP contribution is 2.27. The Kier molecular flexibility index (Phi) is 7.05. The molecule has 0 saturated carbocycles. The summed E-state index contributed by atoms with van der Waals surface area (Å²) in [5, 5.41) is 4.47. The first-order chi connectivity index (χ1) is 11.6. The minimum absolute atomic E-state index is 0.100. The van der Waals surface area contributed by atoms with Crippen LogP contribution in [0.15, 0.2) is 30.7 Å². The number of thiol groups is 1. The van der Waals surface area contributed by atoms with E-state index in [1.54, 1.807) is 41.2 Å². The van der Waals surface area contributed by atoms with E-state index >= 15 is 0 Å². The van der Waals surface area contributed by atoms with E-state index in [0.717, 1.165) is 5.69 Å². The number of hydrogen-bond acceptors (Lipinski definition) is 4. The van der Waals surface area contributed by atoms with Crippen molar-refractivity contribution in [2.45, 2.75) is 19.8 Å². The van der Waals surface area contributed by atoms with Gasteiger partial charge in [0.1, 0.15) is 5.69 Å². The van der Waals surface area contributed by atoms with E-state index in [1.165, 1.54) is 0 Å². The van der Waals surface area contributed by atoms with Gasteiger partial charge in [0.15, 0.2) is 5.15 Å². The maximum Gasteiger partial charge on any atom is 0.230 e. The fraction of sp³-hybridized carbons (Fsp3) is 0.438. The molecule has 0 saturated heterocycles. The predicted octanol–water partition coefficient (Wildman–Crippen LogP) is 3.57. The van der Waals surface area contributed by atoms with Crippen LogP contribution in [0.4, 0.5) is 10.1 Å². The average molecular weight is 371 g/mol. The Hall–Kier alpha value is -1.60. The summed E-state index contributed by atoms with van der Waals surface area (Å²) in [6.45, 7) is 1.78. The number of anilines is 1. The van der Waals surface area contributed by atoms with E-state index < -0.39 is 6.67 Å². The number of carbonyl (C=O) groups excluding carboxylic acids is 1. The highest BCUT2D eigenvalue weighted by atomic mass is 35.5. The molecule has 0 fully saturated rings. The van der Waals surface area contributed by atoms with Crippen LogP contribution in [-0.4, -0.2) is 39.6 Å². The Morgan fingerprint density at radius 1 is 1.50 bits per heavy atom. The number of amides is 1. The molecule has 1 unspecified atom stereocenters. The molecule has 0 bridgehead atoms. The SMILES string of the molecule is CC(CS)C(=O)N(CCCCF)c1cn(-c2cccnc2)nc1Cl. The van der Waals surface area contributed by atoms with Crippen LogP contribution in [0.3, 0.4) is 0 Å². The third kappa shape index (κ3) is 4.48. The molecule has 0 spiro atoms. The molecule has 2 rings (SSSR count). The number of hydrogen-bond donors (Lipinski definition) is 1. The number of pyridine rings is 1. The van der Waals surface area contributed by atoms with Gasteiger partial charge in [-0.15, -0.1) is 0 Å². The number of rotatable bonds is 8. The highest BCUT2D eigenvalue weighted by molar-refractivity contribution is 7.80. The van der Waals surface area contributed by atoms with E-state index in [1.807, 2.05) is 6.07 Å². The van der Waals surface area contributed by atoms with Crippen molar-refractivity contribution in [3.63, 3.8) is 0 Å². The van der Waals surface area contributed by atoms with Crippen LogP contribution in [-0.2, 0) is 4.79 Å². The second kappa shape index (κ2) is 9.03. The second-order valence-electron chi connectivity index (χ2n) is 5.43. The van der Waals surface area contributed by atoms with Gasteiger partial charge in [0.25, 0.3) is 0 Å². The molecular formula is C16H20ClFN4OS. The molecule has 2 aromatic rings. The molecule has 2 heterocycles. The Morgan fingerprint density at radius 2 is 2.29 bits per heavy atom. The molecule has 0 radical (unpaired) electrons. The van der Waals surface area contributed by atoms with E-state index in [9.17, 15) is 9.18 Å². The van der Waals surface area contributed by atoms with Crippen LogP contribution in [0.1, 0.15) is 19.8 Å². The minimum Gasteiger partial charge on any atom is -0.308 e. The summed E-state index contributed by atoms with van der Waals surface area (Å²) in [7, 11) is 0.